The van der Waals surface area contributed by atoms with E-state index in [9.17, 15) is 9.90 Å². The summed E-state index contributed by atoms with van der Waals surface area (Å²) in [7, 11) is 0. The first kappa shape index (κ1) is 16.8. The summed E-state index contributed by atoms with van der Waals surface area (Å²) in [5.41, 5.74) is -0.347. The highest BCUT2D eigenvalue weighted by Crippen LogP contribution is 2.37. The van der Waals surface area contributed by atoms with Crippen LogP contribution in [-0.4, -0.2) is 22.7 Å². The van der Waals surface area contributed by atoms with Crippen LogP contribution < -0.4 is 5.32 Å². The van der Waals surface area contributed by atoms with Crippen LogP contribution in [0.2, 0.25) is 0 Å². The lowest BCUT2D eigenvalue weighted by Gasteiger charge is -2.29. The highest BCUT2D eigenvalue weighted by Gasteiger charge is 2.34. The normalized spacial score (nSPS) is 29.9. The molecule has 0 aromatic rings. The average molecular weight is 295 g/mol. The Kier molecular flexibility index (Phi) is 5.34. The molecular weight excluding hydrogens is 262 g/mol. The van der Waals surface area contributed by atoms with Gasteiger partial charge in [-0.25, -0.2) is 0 Å². The van der Waals surface area contributed by atoms with Gasteiger partial charge in [0.05, 0.1) is 12.0 Å². The summed E-state index contributed by atoms with van der Waals surface area (Å²) in [6, 6.07) is 0.315. The van der Waals surface area contributed by atoms with Crippen LogP contribution >= 0.6 is 0 Å². The standard InChI is InChI=1S/C18H33NO2/c1-17(2,3)14-7-6-8-15(10-9-14)19-16(20)13-18(21)11-4-5-12-18/h14-15,21H,4-13H2,1-3H3,(H,19,20). The topological polar surface area (TPSA) is 49.3 Å². The molecule has 2 rings (SSSR count). The fourth-order valence-electron chi connectivity index (χ4n) is 4.10. The van der Waals surface area contributed by atoms with Gasteiger partial charge in [0.2, 0.25) is 5.91 Å². The lowest BCUT2D eigenvalue weighted by Crippen LogP contribution is -2.39. The van der Waals surface area contributed by atoms with Gasteiger partial charge in [-0.1, -0.05) is 40.0 Å². The van der Waals surface area contributed by atoms with Crippen LogP contribution in [0.15, 0.2) is 0 Å². The van der Waals surface area contributed by atoms with Gasteiger partial charge in [0.15, 0.2) is 0 Å². The Hall–Kier alpha value is -0.570. The van der Waals surface area contributed by atoms with E-state index in [1.54, 1.807) is 0 Å². The van der Waals surface area contributed by atoms with Gasteiger partial charge in [-0.3, -0.25) is 4.79 Å². The summed E-state index contributed by atoms with van der Waals surface area (Å²) in [5.74, 6) is 0.817. The molecule has 1 amide bonds. The van der Waals surface area contributed by atoms with Crippen LogP contribution in [0.4, 0.5) is 0 Å². The van der Waals surface area contributed by atoms with E-state index in [-0.39, 0.29) is 5.91 Å². The molecule has 3 nitrogen and oxygen atoms in total. The smallest absolute Gasteiger partial charge is 0.223 e. The van der Waals surface area contributed by atoms with Crippen LogP contribution in [0.25, 0.3) is 0 Å². The van der Waals surface area contributed by atoms with Crippen molar-refractivity contribution in [2.24, 2.45) is 11.3 Å². The molecule has 2 fully saturated rings. The van der Waals surface area contributed by atoms with Crippen molar-refractivity contribution in [3.05, 3.63) is 0 Å². The molecule has 2 aliphatic rings. The minimum absolute atomic E-state index is 0.0543. The van der Waals surface area contributed by atoms with Gasteiger partial charge < -0.3 is 10.4 Å². The van der Waals surface area contributed by atoms with Crippen molar-refractivity contribution in [1.82, 2.24) is 5.32 Å². The van der Waals surface area contributed by atoms with Crippen molar-refractivity contribution < 1.29 is 9.90 Å². The third-order valence-electron chi connectivity index (χ3n) is 5.58. The minimum atomic E-state index is -0.719. The van der Waals surface area contributed by atoms with Crippen LogP contribution in [0.1, 0.15) is 85.0 Å². The maximum atomic E-state index is 12.2. The highest BCUT2D eigenvalue weighted by molar-refractivity contribution is 5.77. The quantitative estimate of drug-likeness (QED) is 0.778. The second kappa shape index (κ2) is 6.68. The van der Waals surface area contributed by atoms with E-state index >= 15 is 0 Å². The van der Waals surface area contributed by atoms with Gasteiger partial charge in [0.25, 0.3) is 0 Å². The van der Waals surface area contributed by atoms with Gasteiger partial charge in [-0.15, -0.1) is 0 Å². The summed E-state index contributed by atoms with van der Waals surface area (Å²) >= 11 is 0. The molecule has 0 aromatic heterocycles. The molecule has 21 heavy (non-hydrogen) atoms. The van der Waals surface area contributed by atoms with Gasteiger partial charge in [-0.2, -0.15) is 0 Å². The lowest BCUT2D eigenvalue weighted by atomic mass is 9.76. The van der Waals surface area contributed by atoms with Gasteiger partial charge >= 0.3 is 0 Å². The predicted molar refractivity (Wildman–Crippen MR) is 86.0 cm³/mol. The highest BCUT2D eigenvalue weighted by atomic mass is 16.3. The van der Waals surface area contributed by atoms with Crippen molar-refractivity contribution in [1.29, 1.82) is 0 Å². The number of nitrogens with one attached hydrogen (secondary N) is 1. The van der Waals surface area contributed by atoms with Crippen LogP contribution in [0.3, 0.4) is 0 Å². The maximum absolute atomic E-state index is 12.2. The number of carbonyl (C=O) groups excluding carboxylic acids is 1. The average Bonchev–Trinajstić information content (AvgIpc) is 2.63. The third kappa shape index (κ3) is 4.98. The Labute approximate surface area is 129 Å². The van der Waals surface area contributed by atoms with E-state index in [1.807, 2.05) is 0 Å². The van der Waals surface area contributed by atoms with Crippen LogP contribution in [-0.2, 0) is 4.79 Å². The van der Waals surface area contributed by atoms with E-state index in [1.165, 1.54) is 19.3 Å². The monoisotopic (exact) mass is 295 g/mol. The Morgan fingerprint density at radius 1 is 1.10 bits per heavy atom. The first-order valence-electron chi connectivity index (χ1n) is 8.80. The van der Waals surface area contributed by atoms with Crippen molar-refractivity contribution >= 4 is 5.91 Å². The van der Waals surface area contributed by atoms with Gasteiger partial charge in [-0.05, 0) is 49.9 Å². The zero-order valence-electron chi connectivity index (χ0n) is 14.1. The molecule has 0 saturated heterocycles. The second-order valence-electron chi connectivity index (χ2n) is 8.44. The second-order valence-corrected chi connectivity index (χ2v) is 8.44. The van der Waals surface area contributed by atoms with Crippen LogP contribution in [0.5, 0.6) is 0 Å². The molecule has 122 valence electrons. The summed E-state index contributed by atoms with van der Waals surface area (Å²) < 4.78 is 0. The van der Waals surface area contributed by atoms with E-state index in [4.69, 9.17) is 0 Å². The summed E-state index contributed by atoms with van der Waals surface area (Å²) in [6.45, 7) is 6.98. The SMILES string of the molecule is CC(C)(C)C1CCCC(NC(=O)CC2(O)CCCC2)CC1. The summed E-state index contributed by atoms with van der Waals surface area (Å²) in [4.78, 5) is 12.2. The number of hydrogen-bond acceptors (Lipinski definition) is 2. The predicted octanol–water partition coefficient (Wildman–Crippen LogP) is 3.79. The zero-order chi connectivity index (χ0) is 15.5. The first-order chi connectivity index (χ1) is 9.78. The largest absolute Gasteiger partial charge is 0.389 e. The van der Waals surface area contributed by atoms with E-state index in [0.29, 0.717) is 17.9 Å². The molecule has 3 heteroatoms. The van der Waals surface area contributed by atoms with Crippen molar-refractivity contribution in [2.75, 3.05) is 0 Å². The molecule has 0 spiro atoms. The third-order valence-corrected chi connectivity index (χ3v) is 5.58. The molecule has 2 saturated carbocycles. The Balaban J connectivity index is 1.79. The number of aliphatic hydroxyl groups is 1. The zero-order valence-corrected chi connectivity index (χ0v) is 14.1. The lowest BCUT2D eigenvalue weighted by molar-refractivity contribution is -0.126. The van der Waals surface area contributed by atoms with Crippen molar-refractivity contribution in [3.63, 3.8) is 0 Å². The Morgan fingerprint density at radius 3 is 2.38 bits per heavy atom. The summed E-state index contributed by atoms with van der Waals surface area (Å²) in [5, 5.41) is 13.5. The van der Waals surface area contributed by atoms with Gasteiger partial charge in [0, 0.05) is 6.04 Å². The number of hydrogen-bond donors (Lipinski definition) is 2. The molecule has 2 N–H and O–H groups in total. The maximum Gasteiger partial charge on any atom is 0.223 e. The molecular formula is C18H33NO2. The van der Waals surface area contributed by atoms with E-state index < -0.39 is 5.60 Å². The number of rotatable bonds is 3. The van der Waals surface area contributed by atoms with Crippen LogP contribution in [0, 0.1) is 11.3 Å². The number of amides is 1. The summed E-state index contributed by atoms with van der Waals surface area (Å²) in [6.07, 6.45) is 9.86. The van der Waals surface area contributed by atoms with Crippen molar-refractivity contribution in [3.8, 4) is 0 Å². The molecule has 0 radical (unpaired) electrons. The molecule has 0 aromatic carbocycles. The Bertz CT molecular complexity index is 353. The molecule has 0 aliphatic heterocycles. The molecule has 0 heterocycles. The molecule has 2 aliphatic carbocycles. The number of carbonyl (C=O) groups is 1. The fourth-order valence-corrected chi connectivity index (χ4v) is 4.10. The first-order valence-corrected chi connectivity index (χ1v) is 8.80. The minimum Gasteiger partial charge on any atom is -0.389 e. The molecule has 0 bridgehead atoms. The van der Waals surface area contributed by atoms with Crippen molar-refractivity contribution in [2.45, 2.75) is 96.6 Å². The molecule has 2 unspecified atom stereocenters. The van der Waals surface area contributed by atoms with Gasteiger partial charge in [0.1, 0.15) is 0 Å². The Morgan fingerprint density at radius 2 is 1.76 bits per heavy atom. The van der Waals surface area contributed by atoms with E-state index in [2.05, 4.69) is 26.1 Å². The fraction of sp³-hybridized carbons (Fsp3) is 0.944. The molecule has 2 atom stereocenters. The van der Waals surface area contributed by atoms with E-state index in [0.717, 1.165) is 44.4 Å².